The SMILES string of the molecule is Cc1ccccc1-c1cc2cnc(N[C@H]3CCN(Cc4ccccc4)C3)nc2n(C2CCOCC2)c1=O. The molecule has 0 aliphatic carbocycles. The molecule has 2 fully saturated rings. The van der Waals surface area contributed by atoms with E-state index in [0.717, 1.165) is 55.4 Å². The van der Waals surface area contributed by atoms with Crippen LogP contribution in [0.3, 0.4) is 0 Å². The van der Waals surface area contributed by atoms with Gasteiger partial charge < -0.3 is 10.1 Å². The highest BCUT2D eigenvalue weighted by molar-refractivity contribution is 5.82. The predicted octanol–water partition coefficient (Wildman–Crippen LogP) is 4.80. The number of benzene rings is 2. The number of pyridine rings is 1. The first kappa shape index (κ1) is 23.8. The van der Waals surface area contributed by atoms with Gasteiger partial charge in [-0.05, 0) is 48.9 Å². The lowest BCUT2D eigenvalue weighted by molar-refractivity contribution is 0.0697. The summed E-state index contributed by atoms with van der Waals surface area (Å²) in [4.78, 5) is 26.0. The molecule has 2 aliphatic heterocycles. The van der Waals surface area contributed by atoms with Gasteiger partial charge in [0.25, 0.3) is 5.56 Å². The molecule has 4 aromatic rings. The number of hydrogen-bond donors (Lipinski definition) is 1. The maximum absolute atomic E-state index is 13.9. The number of likely N-dealkylation sites (tertiary alicyclic amines) is 1. The van der Waals surface area contributed by atoms with E-state index in [4.69, 9.17) is 9.72 Å². The number of ether oxygens (including phenoxy) is 1. The van der Waals surface area contributed by atoms with Crippen LogP contribution in [0.1, 0.15) is 36.4 Å². The molecule has 7 heteroatoms. The first-order valence-corrected chi connectivity index (χ1v) is 13.2. The molecule has 0 unspecified atom stereocenters. The second-order valence-electron chi connectivity index (χ2n) is 10.2. The van der Waals surface area contributed by atoms with Gasteiger partial charge in [-0.2, -0.15) is 4.98 Å². The zero-order valence-electron chi connectivity index (χ0n) is 21.3. The number of aryl methyl sites for hydroxylation is 1. The maximum atomic E-state index is 13.9. The molecule has 2 saturated heterocycles. The fraction of sp³-hybridized carbons (Fsp3) is 0.367. The molecule has 2 aromatic carbocycles. The molecule has 0 radical (unpaired) electrons. The molecule has 6 rings (SSSR count). The zero-order valence-corrected chi connectivity index (χ0v) is 21.3. The summed E-state index contributed by atoms with van der Waals surface area (Å²) < 4.78 is 7.51. The highest BCUT2D eigenvalue weighted by atomic mass is 16.5. The van der Waals surface area contributed by atoms with E-state index in [1.165, 1.54) is 5.56 Å². The smallest absolute Gasteiger partial charge is 0.260 e. The van der Waals surface area contributed by atoms with Gasteiger partial charge in [-0.1, -0.05) is 54.6 Å². The highest BCUT2D eigenvalue weighted by Gasteiger charge is 2.25. The number of nitrogens with zero attached hydrogens (tertiary/aromatic N) is 4. The molecule has 7 nitrogen and oxygen atoms in total. The minimum absolute atomic E-state index is 0.00764. The monoisotopic (exact) mass is 495 g/mol. The van der Waals surface area contributed by atoms with Gasteiger partial charge >= 0.3 is 0 Å². The van der Waals surface area contributed by atoms with Crippen LogP contribution in [0.4, 0.5) is 5.95 Å². The molecular weight excluding hydrogens is 462 g/mol. The molecule has 0 spiro atoms. The van der Waals surface area contributed by atoms with Crippen LogP contribution in [0.25, 0.3) is 22.2 Å². The van der Waals surface area contributed by atoms with Crippen LogP contribution >= 0.6 is 0 Å². The predicted molar refractivity (Wildman–Crippen MR) is 147 cm³/mol. The van der Waals surface area contributed by atoms with Gasteiger partial charge in [-0.3, -0.25) is 14.3 Å². The number of rotatable bonds is 6. The Kier molecular flexibility index (Phi) is 6.72. The van der Waals surface area contributed by atoms with E-state index in [2.05, 4.69) is 45.5 Å². The molecule has 0 bridgehead atoms. The fourth-order valence-electron chi connectivity index (χ4n) is 5.66. The average Bonchev–Trinajstić information content (AvgIpc) is 3.36. The number of aromatic nitrogens is 3. The van der Waals surface area contributed by atoms with Crippen molar-refractivity contribution in [3.63, 3.8) is 0 Å². The van der Waals surface area contributed by atoms with Gasteiger partial charge in [0, 0.05) is 62.1 Å². The lowest BCUT2D eigenvalue weighted by atomic mass is 10.00. The Hall–Kier alpha value is -3.55. The second-order valence-corrected chi connectivity index (χ2v) is 10.2. The van der Waals surface area contributed by atoms with Crippen molar-refractivity contribution in [1.29, 1.82) is 0 Å². The Morgan fingerprint density at radius 2 is 1.78 bits per heavy atom. The number of fused-ring (bicyclic) bond motifs is 1. The molecule has 0 amide bonds. The third kappa shape index (κ3) is 5.02. The number of hydrogen-bond acceptors (Lipinski definition) is 6. The summed E-state index contributed by atoms with van der Waals surface area (Å²) in [5, 5.41) is 4.43. The summed E-state index contributed by atoms with van der Waals surface area (Å²) >= 11 is 0. The Labute approximate surface area is 217 Å². The van der Waals surface area contributed by atoms with Crippen LogP contribution in [0, 0.1) is 6.92 Å². The van der Waals surface area contributed by atoms with Gasteiger partial charge in [-0.25, -0.2) is 4.98 Å². The van der Waals surface area contributed by atoms with Crippen molar-refractivity contribution in [2.75, 3.05) is 31.6 Å². The second kappa shape index (κ2) is 10.4. The van der Waals surface area contributed by atoms with Crippen molar-refractivity contribution in [3.8, 4) is 11.1 Å². The summed E-state index contributed by atoms with van der Waals surface area (Å²) in [6.45, 7) is 6.28. The third-order valence-electron chi connectivity index (χ3n) is 7.62. The fourth-order valence-corrected chi connectivity index (χ4v) is 5.66. The van der Waals surface area contributed by atoms with E-state index in [9.17, 15) is 4.79 Å². The first-order chi connectivity index (χ1) is 18.2. The lowest BCUT2D eigenvalue weighted by Gasteiger charge is -2.26. The largest absolute Gasteiger partial charge is 0.381 e. The number of anilines is 1. The van der Waals surface area contributed by atoms with Crippen molar-refractivity contribution >= 4 is 17.0 Å². The molecule has 1 atom stereocenters. The van der Waals surface area contributed by atoms with Gasteiger partial charge in [0.15, 0.2) is 0 Å². The molecule has 4 heterocycles. The van der Waals surface area contributed by atoms with E-state index in [0.29, 0.717) is 30.4 Å². The maximum Gasteiger partial charge on any atom is 0.260 e. The van der Waals surface area contributed by atoms with Crippen LogP contribution in [0.5, 0.6) is 0 Å². The van der Waals surface area contributed by atoms with E-state index >= 15 is 0 Å². The van der Waals surface area contributed by atoms with Crippen LogP contribution < -0.4 is 10.9 Å². The van der Waals surface area contributed by atoms with E-state index < -0.39 is 0 Å². The summed E-state index contributed by atoms with van der Waals surface area (Å²) in [6.07, 6.45) is 4.50. The summed E-state index contributed by atoms with van der Waals surface area (Å²) in [5.74, 6) is 0.586. The highest BCUT2D eigenvalue weighted by Crippen LogP contribution is 2.28. The van der Waals surface area contributed by atoms with Crippen molar-refractivity contribution in [2.45, 2.75) is 44.8 Å². The van der Waals surface area contributed by atoms with Gasteiger partial charge in [0.2, 0.25) is 5.95 Å². The molecule has 1 N–H and O–H groups in total. The van der Waals surface area contributed by atoms with Crippen LogP contribution in [-0.4, -0.2) is 51.8 Å². The molecule has 190 valence electrons. The van der Waals surface area contributed by atoms with Gasteiger partial charge in [0.1, 0.15) is 5.65 Å². The zero-order chi connectivity index (χ0) is 25.2. The van der Waals surface area contributed by atoms with Crippen LogP contribution in [0.15, 0.2) is 71.7 Å². The topological polar surface area (TPSA) is 72.3 Å². The quantitative estimate of drug-likeness (QED) is 0.414. The lowest BCUT2D eigenvalue weighted by Crippen LogP contribution is -2.31. The third-order valence-corrected chi connectivity index (χ3v) is 7.62. The normalized spacial score (nSPS) is 18.9. The molecule has 0 saturated carbocycles. The van der Waals surface area contributed by atoms with E-state index in [1.807, 2.05) is 48.0 Å². The summed E-state index contributed by atoms with van der Waals surface area (Å²) in [6, 6.07) is 20.9. The van der Waals surface area contributed by atoms with E-state index in [-0.39, 0.29) is 17.6 Å². The molecule has 37 heavy (non-hydrogen) atoms. The van der Waals surface area contributed by atoms with Gasteiger partial charge in [-0.15, -0.1) is 0 Å². The Bertz CT molecular complexity index is 1450. The van der Waals surface area contributed by atoms with Crippen LogP contribution in [-0.2, 0) is 11.3 Å². The molecule has 2 aromatic heterocycles. The van der Waals surface area contributed by atoms with E-state index in [1.54, 1.807) is 0 Å². The van der Waals surface area contributed by atoms with Crippen molar-refractivity contribution < 1.29 is 4.74 Å². The molecule has 2 aliphatic rings. The molecular formula is C30H33N5O2. The van der Waals surface area contributed by atoms with Crippen molar-refractivity contribution in [2.24, 2.45) is 0 Å². The first-order valence-electron chi connectivity index (χ1n) is 13.2. The van der Waals surface area contributed by atoms with Crippen molar-refractivity contribution in [1.82, 2.24) is 19.4 Å². The Morgan fingerprint density at radius 3 is 2.59 bits per heavy atom. The van der Waals surface area contributed by atoms with Crippen LogP contribution in [0.2, 0.25) is 0 Å². The Morgan fingerprint density at radius 1 is 1.00 bits per heavy atom. The number of nitrogens with one attached hydrogen (secondary N) is 1. The average molecular weight is 496 g/mol. The van der Waals surface area contributed by atoms with Crippen molar-refractivity contribution in [3.05, 3.63) is 88.3 Å². The minimum Gasteiger partial charge on any atom is -0.381 e. The summed E-state index contributed by atoms with van der Waals surface area (Å²) in [7, 11) is 0. The minimum atomic E-state index is 0.00764. The Balaban J connectivity index is 1.32. The van der Waals surface area contributed by atoms with Gasteiger partial charge in [0.05, 0.1) is 0 Å². The standard InChI is InChI=1S/C30H33N5O2/c1-21-7-5-6-10-26(21)27-17-23-18-31-30(33-28(23)35(29(27)36)25-12-15-37-16-13-25)32-24-11-14-34(20-24)19-22-8-3-2-4-9-22/h2-10,17-18,24-25H,11-16,19-20H2,1H3,(H,31,32,33)/t24-/m0/s1. The summed E-state index contributed by atoms with van der Waals surface area (Å²) in [5.41, 5.74) is 4.78.